The second-order valence-corrected chi connectivity index (χ2v) is 10.9. The number of thiophene rings is 1. The summed E-state index contributed by atoms with van der Waals surface area (Å²) in [5, 5.41) is 0. The van der Waals surface area contributed by atoms with E-state index < -0.39 is 0 Å². The average molecular weight is 537 g/mol. The molecule has 0 saturated carbocycles. The van der Waals surface area contributed by atoms with E-state index in [-0.39, 0.29) is 24.4 Å². The summed E-state index contributed by atoms with van der Waals surface area (Å²) >= 11 is 1.69. The molecule has 204 valence electrons. The summed E-state index contributed by atoms with van der Waals surface area (Å²) in [6.45, 7) is 9.28. The largest absolute Gasteiger partial charge is 0.493 e. The van der Waals surface area contributed by atoms with E-state index in [4.69, 9.17) is 9.47 Å². The van der Waals surface area contributed by atoms with Crippen molar-refractivity contribution < 1.29 is 19.1 Å². The van der Waals surface area contributed by atoms with Gasteiger partial charge in [0, 0.05) is 27.9 Å². The lowest BCUT2D eigenvalue weighted by Gasteiger charge is -2.31. The van der Waals surface area contributed by atoms with Crippen molar-refractivity contribution in [3.63, 3.8) is 0 Å². The Morgan fingerprint density at radius 2 is 1.61 bits per heavy atom. The summed E-state index contributed by atoms with van der Waals surface area (Å²) in [5.74, 6) is 1.17. The Morgan fingerprint density at radius 1 is 0.921 bits per heavy atom. The van der Waals surface area contributed by atoms with Crippen LogP contribution in [0.4, 0.5) is 0 Å². The number of hydrogen-bond donors (Lipinski definition) is 0. The summed E-state index contributed by atoms with van der Waals surface area (Å²) in [7, 11) is 3.23. The Bertz CT molecular complexity index is 1200. The van der Waals surface area contributed by atoms with E-state index in [1.54, 1.807) is 30.5 Å². The lowest BCUT2D eigenvalue weighted by molar-refractivity contribution is -0.132. The molecule has 1 atom stereocenters. The van der Waals surface area contributed by atoms with Gasteiger partial charge in [0.25, 0.3) is 5.91 Å². The van der Waals surface area contributed by atoms with Crippen molar-refractivity contribution in [1.82, 2.24) is 9.80 Å². The number of amides is 2. The number of nitrogens with zero attached hydrogens (tertiary/aromatic N) is 2. The minimum atomic E-state index is -0.109. The standard InChI is InChI=1S/C31H40N2O4S/c1-7-22(3)33(31(35)26-13-10-24(8-2)11-14-26)21-30(34)32(20-27-15-9-23(4)38-27)18-17-25-12-16-28(36-5)29(19-25)37-6/h9-16,19,22H,7-8,17-18,20-21H2,1-6H3. The number of benzene rings is 2. The number of carbonyl (C=O) groups is 2. The fourth-order valence-electron chi connectivity index (χ4n) is 4.29. The Hall–Kier alpha value is -3.32. The van der Waals surface area contributed by atoms with Crippen LogP contribution >= 0.6 is 11.3 Å². The van der Waals surface area contributed by atoms with Gasteiger partial charge in [0.2, 0.25) is 5.91 Å². The number of rotatable bonds is 13. The lowest BCUT2D eigenvalue weighted by Crippen LogP contribution is -2.46. The van der Waals surface area contributed by atoms with Crippen molar-refractivity contribution in [2.45, 2.75) is 59.5 Å². The molecular formula is C31H40N2O4S. The molecule has 3 rings (SSSR count). The highest BCUT2D eigenvalue weighted by Crippen LogP contribution is 2.28. The van der Waals surface area contributed by atoms with E-state index >= 15 is 0 Å². The molecule has 3 aromatic rings. The average Bonchev–Trinajstić information content (AvgIpc) is 3.37. The highest BCUT2D eigenvalue weighted by atomic mass is 32.1. The van der Waals surface area contributed by atoms with Crippen LogP contribution in [0.1, 0.15) is 58.4 Å². The first kappa shape index (κ1) is 29.2. The van der Waals surface area contributed by atoms with Gasteiger partial charge < -0.3 is 19.3 Å². The number of hydrogen-bond acceptors (Lipinski definition) is 5. The van der Waals surface area contributed by atoms with Crippen molar-refractivity contribution in [3.05, 3.63) is 81.0 Å². The van der Waals surface area contributed by atoms with E-state index in [1.807, 2.05) is 61.2 Å². The first-order chi connectivity index (χ1) is 18.3. The third-order valence-electron chi connectivity index (χ3n) is 6.91. The molecule has 0 aliphatic carbocycles. The smallest absolute Gasteiger partial charge is 0.254 e. The summed E-state index contributed by atoms with van der Waals surface area (Å²) in [4.78, 5) is 33.2. The Morgan fingerprint density at radius 3 is 2.18 bits per heavy atom. The predicted molar refractivity (Wildman–Crippen MR) is 154 cm³/mol. The summed E-state index contributed by atoms with van der Waals surface area (Å²) in [6.07, 6.45) is 2.34. The minimum absolute atomic E-state index is 0.0413. The fourth-order valence-corrected chi connectivity index (χ4v) is 5.20. The normalized spacial score (nSPS) is 11.6. The summed E-state index contributed by atoms with van der Waals surface area (Å²) in [6, 6.07) is 17.6. The van der Waals surface area contributed by atoms with Crippen molar-refractivity contribution >= 4 is 23.2 Å². The maximum atomic E-state index is 13.8. The topological polar surface area (TPSA) is 59.1 Å². The number of ether oxygens (including phenoxy) is 2. The molecule has 38 heavy (non-hydrogen) atoms. The predicted octanol–water partition coefficient (Wildman–Crippen LogP) is 6.15. The zero-order chi connectivity index (χ0) is 27.7. The van der Waals surface area contributed by atoms with Crippen LogP contribution in [-0.4, -0.2) is 55.0 Å². The van der Waals surface area contributed by atoms with Gasteiger partial charge in [-0.05, 0) is 80.6 Å². The second-order valence-electron chi connectivity index (χ2n) is 9.51. The summed E-state index contributed by atoms with van der Waals surface area (Å²) in [5.41, 5.74) is 2.84. The monoisotopic (exact) mass is 536 g/mol. The molecule has 0 radical (unpaired) electrons. The molecule has 6 nitrogen and oxygen atoms in total. The van der Waals surface area contributed by atoms with Crippen LogP contribution in [0, 0.1) is 6.92 Å². The number of carbonyl (C=O) groups excluding carboxylic acids is 2. The van der Waals surface area contributed by atoms with E-state index in [0.29, 0.717) is 36.6 Å². The third kappa shape index (κ3) is 7.60. The van der Waals surface area contributed by atoms with Gasteiger partial charge in [0.05, 0.1) is 20.8 Å². The van der Waals surface area contributed by atoms with Crippen LogP contribution in [0.5, 0.6) is 11.5 Å². The maximum Gasteiger partial charge on any atom is 0.254 e. The van der Waals surface area contributed by atoms with Gasteiger partial charge in [0.15, 0.2) is 11.5 Å². The SMILES string of the molecule is CCc1ccc(C(=O)N(CC(=O)N(CCc2ccc(OC)c(OC)c2)Cc2ccc(C)s2)C(C)CC)cc1. The van der Waals surface area contributed by atoms with Gasteiger partial charge in [-0.15, -0.1) is 11.3 Å². The molecular weight excluding hydrogens is 496 g/mol. The molecule has 1 unspecified atom stereocenters. The zero-order valence-corrected chi connectivity index (χ0v) is 24.3. The van der Waals surface area contributed by atoms with Crippen LogP contribution in [0.2, 0.25) is 0 Å². The molecule has 0 bridgehead atoms. The van der Waals surface area contributed by atoms with Gasteiger partial charge in [-0.1, -0.05) is 32.0 Å². The first-order valence-corrected chi connectivity index (χ1v) is 14.0. The van der Waals surface area contributed by atoms with Gasteiger partial charge in [0.1, 0.15) is 6.54 Å². The Labute approximate surface area is 231 Å². The van der Waals surface area contributed by atoms with Crippen LogP contribution in [0.15, 0.2) is 54.6 Å². The number of methoxy groups -OCH3 is 2. The second kappa shape index (κ2) is 14.0. The molecule has 7 heteroatoms. The molecule has 0 aliphatic heterocycles. The quantitative estimate of drug-likeness (QED) is 0.263. The molecule has 2 aromatic carbocycles. The molecule has 0 N–H and O–H groups in total. The molecule has 1 heterocycles. The zero-order valence-electron chi connectivity index (χ0n) is 23.5. The van der Waals surface area contributed by atoms with Crippen LogP contribution in [-0.2, 0) is 24.2 Å². The van der Waals surface area contributed by atoms with Crippen molar-refractivity contribution in [2.24, 2.45) is 0 Å². The van der Waals surface area contributed by atoms with Crippen molar-refractivity contribution in [3.8, 4) is 11.5 Å². The van der Waals surface area contributed by atoms with Gasteiger partial charge >= 0.3 is 0 Å². The van der Waals surface area contributed by atoms with E-state index in [1.165, 1.54) is 10.4 Å². The first-order valence-electron chi connectivity index (χ1n) is 13.2. The van der Waals surface area contributed by atoms with E-state index in [9.17, 15) is 9.59 Å². The molecule has 2 amide bonds. The molecule has 0 spiro atoms. The van der Waals surface area contributed by atoms with Crippen LogP contribution in [0.25, 0.3) is 0 Å². The molecule has 0 saturated heterocycles. The lowest BCUT2D eigenvalue weighted by atomic mass is 10.1. The van der Waals surface area contributed by atoms with Gasteiger partial charge in [-0.3, -0.25) is 9.59 Å². The number of aryl methyl sites for hydroxylation is 2. The Kier molecular flexibility index (Phi) is 10.8. The van der Waals surface area contributed by atoms with E-state index in [0.717, 1.165) is 23.3 Å². The summed E-state index contributed by atoms with van der Waals surface area (Å²) < 4.78 is 10.8. The third-order valence-corrected chi connectivity index (χ3v) is 7.90. The maximum absolute atomic E-state index is 13.8. The highest BCUT2D eigenvalue weighted by Gasteiger charge is 2.26. The molecule has 0 aliphatic rings. The highest BCUT2D eigenvalue weighted by molar-refractivity contribution is 7.11. The molecule has 1 aromatic heterocycles. The van der Waals surface area contributed by atoms with Gasteiger partial charge in [-0.25, -0.2) is 0 Å². The fraction of sp³-hybridized carbons (Fsp3) is 0.419. The van der Waals surface area contributed by atoms with Crippen LogP contribution in [0.3, 0.4) is 0 Å². The van der Waals surface area contributed by atoms with Crippen LogP contribution < -0.4 is 9.47 Å². The minimum Gasteiger partial charge on any atom is -0.493 e. The van der Waals surface area contributed by atoms with Gasteiger partial charge in [-0.2, -0.15) is 0 Å². The van der Waals surface area contributed by atoms with Crippen molar-refractivity contribution in [1.29, 1.82) is 0 Å². The Balaban J connectivity index is 1.81. The van der Waals surface area contributed by atoms with E-state index in [2.05, 4.69) is 26.0 Å². The molecule has 0 fully saturated rings. The van der Waals surface area contributed by atoms with Crippen molar-refractivity contribution in [2.75, 3.05) is 27.3 Å².